The number of halogens is 5. The number of benzene rings is 2. The van der Waals surface area contributed by atoms with Gasteiger partial charge in [-0.05, 0) is 30.2 Å². The molecule has 0 bridgehead atoms. The van der Waals surface area contributed by atoms with Crippen molar-refractivity contribution in [3.63, 3.8) is 0 Å². The summed E-state index contributed by atoms with van der Waals surface area (Å²) < 4.78 is 79.7. The van der Waals surface area contributed by atoms with Crippen molar-refractivity contribution in [3.05, 3.63) is 70.8 Å². The summed E-state index contributed by atoms with van der Waals surface area (Å²) in [7, 11) is 0. The highest BCUT2D eigenvalue weighted by Gasteiger charge is 2.46. The van der Waals surface area contributed by atoms with Crippen LogP contribution in [0.25, 0.3) is 0 Å². The summed E-state index contributed by atoms with van der Waals surface area (Å²) in [6.45, 7) is 1.53. The van der Waals surface area contributed by atoms with Crippen molar-refractivity contribution >= 4 is 5.91 Å². The molecular formula is C24H24F5NO3. The second kappa shape index (κ2) is 8.68. The summed E-state index contributed by atoms with van der Waals surface area (Å²) in [4.78, 5) is 14.8. The number of hydrogen-bond acceptors (Lipinski definition) is 3. The summed E-state index contributed by atoms with van der Waals surface area (Å²) in [6, 6.07) is 10.8. The molecule has 2 aromatic rings. The summed E-state index contributed by atoms with van der Waals surface area (Å²) in [6.07, 6.45) is -3.75. The predicted octanol–water partition coefficient (Wildman–Crippen LogP) is 5.41. The van der Waals surface area contributed by atoms with Crippen LogP contribution in [0.5, 0.6) is 0 Å². The van der Waals surface area contributed by atoms with Crippen LogP contribution in [0.15, 0.2) is 48.5 Å². The fourth-order valence-corrected chi connectivity index (χ4v) is 4.47. The average Bonchev–Trinajstić information content (AvgIpc) is 3.20. The van der Waals surface area contributed by atoms with Crippen LogP contribution < -0.4 is 0 Å². The molecule has 33 heavy (non-hydrogen) atoms. The number of alkyl halides is 5. The molecule has 178 valence electrons. The smallest absolute Gasteiger partial charge is 0.347 e. The first kappa shape index (κ1) is 23.6. The summed E-state index contributed by atoms with van der Waals surface area (Å²) in [5, 5.41) is 0. The van der Waals surface area contributed by atoms with Gasteiger partial charge in [0, 0.05) is 43.5 Å². The highest BCUT2D eigenvalue weighted by Crippen LogP contribution is 2.38. The van der Waals surface area contributed by atoms with E-state index in [1.807, 2.05) is 30.3 Å². The first-order chi connectivity index (χ1) is 15.5. The predicted molar refractivity (Wildman–Crippen MR) is 110 cm³/mol. The number of amides is 1. The lowest BCUT2D eigenvalue weighted by Gasteiger charge is -2.43. The van der Waals surface area contributed by atoms with Gasteiger partial charge in [-0.2, -0.15) is 13.2 Å². The molecule has 1 spiro atoms. The Kier molecular flexibility index (Phi) is 6.22. The van der Waals surface area contributed by atoms with Crippen LogP contribution >= 0.6 is 0 Å². The topological polar surface area (TPSA) is 38.8 Å². The van der Waals surface area contributed by atoms with Gasteiger partial charge < -0.3 is 14.4 Å². The van der Waals surface area contributed by atoms with Crippen molar-refractivity contribution in [3.8, 4) is 0 Å². The van der Waals surface area contributed by atoms with Gasteiger partial charge in [0.1, 0.15) is 0 Å². The molecule has 2 heterocycles. The van der Waals surface area contributed by atoms with E-state index in [0.717, 1.165) is 11.6 Å². The van der Waals surface area contributed by atoms with E-state index in [2.05, 4.69) is 0 Å². The van der Waals surface area contributed by atoms with Gasteiger partial charge in [-0.3, -0.25) is 4.79 Å². The van der Waals surface area contributed by atoms with Gasteiger partial charge in [-0.25, -0.2) is 8.78 Å². The molecule has 1 unspecified atom stereocenters. The SMILES string of the molecule is CC(F)(F)c1cc(C(=O)N2CCC3(CC2Cc2ccccc2)OCCO3)cc(C(F)(F)F)c1. The zero-order valence-corrected chi connectivity index (χ0v) is 18.0. The van der Waals surface area contributed by atoms with Crippen molar-refractivity contribution in [1.29, 1.82) is 0 Å². The van der Waals surface area contributed by atoms with Gasteiger partial charge in [0.25, 0.3) is 11.8 Å². The third-order valence-electron chi connectivity index (χ3n) is 6.12. The molecule has 4 rings (SSSR count). The monoisotopic (exact) mass is 469 g/mol. The molecule has 2 aromatic carbocycles. The second-order valence-corrected chi connectivity index (χ2v) is 8.59. The number of nitrogens with zero attached hydrogens (tertiary/aromatic N) is 1. The maximum atomic E-state index is 13.9. The molecule has 2 aliphatic heterocycles. The van der Waals surface area contributed by atoms with E-state index in [9.17, 15) is 26.7 Å². The van der Waals surface area contributed by atoms with Crippen LogP contribution in [-0.4, -0.2) is 42.4 Å². The summed E-state index contributed by atoms with van der Waals surface area (Å²) in [5.41, 5.74) is -1.61. The minimum Gasteiger partial charge on any atom is -0.347 e. The maximum absolute atomic E-state index is 13.9. The van der Waals surface area contributed by atoms with Gasteiger partial charge in [-0.1, -0.05) is 30.3 Å². The Bertz CT molecular complexity index is 965. The van der Waals surface area contributed by atoms with Crippen LogP contribution in [0.2, 0.25) is 0 Å². The van der Waals surface area contributed by atoms with Crippen molar-refractivity contribution in [2.75, 3.05) is 19.8 Å². The number of rotatable bonds is 4. The van der Waals surface area contributed by atoms with E-state index in [1.165, 1.54) is 4.90 Å². The largest absolute Gasteiger partial charge is 0.416 e. The molecular weight excluding hydrogens is 445 g/mol. The van der Waals surface area contributed by atoms with Gasteiger partial charge >= 0.3 is 6.18 Å². The van der Waals surface area contributed by atoms with Crippen molar-refractivity contribution < 1.29 is 36.2 Å². The zero-order chi connectivity index (χ0) is 23.9. The first-order valence-electron chi connectivity index (χ1n) is 10.7. The lowest BCUT2D eigenvalue weighted by atomic mass is 9.90. The Morgan fingerprint density at radius 1 is 1.03 bits per heavy atom. The lowest BCUT2D eigenvalue weighted by Crippen LogP contribution is -2.54. The standard InChI is InChI=1S/C24H24F5NO3/c1-22(25,26)18-12-17(13-19(14-18)24(27,28)29)21(31)30-8-7-23(32-9-10-33-23)15-20(30)11-16-5-3-2-4-6-16/h2-6,12-14,20H,7-11,15H2,1H3. The molecule has 0 saturated carbocycles. The molecule has 0 N–H and O–H groups in total. The molecule has 4 nitrogen and oxygen atoms in total. The van der Waals surface area contributed by atoms with Gasteiger partial charge in [0.2, 0.25) is 0 Å². The van der Waals surface area contributed by atoms with Crippen molar-refractivity contribution in [1.82, 2.24) is 4.90 Å². The first-order valence-corrected chi connectivity index (χ1v) is 10.7. The summed E-state index contributed by atoms with van der Waals surface area (Å²) in [5.74, 6) is -5.09. The van der Waals surface area contributed by atoms with Crippen LogP contribution in [0.3, 0.4) is 0 Å². The van der Waals surface area contributed by atoms with E-state index >= 15 is 0 Å². The quantitative estimate of drug-likeness (QED) is 0.563. The molecule has 0 aromatic heterocycles. The van der Waals surface area contributed by atoms with Crippen LogP contribution in [0, 0.1) is 0 Å². The molecule has 0 radical (unpaired) electrons. The van der Waals surface area contributed by atoms with Crippen LogP contribution in [-0.2, 0) is 28.0 Å². The van der Waals surface area contributed by atoms with Crippen LogP contribution in [0.4, 0.5) is 22.0 Å². The maximum Gasteiger partial charge on any atom is 0.416 e. The number of carbonyl (C=O) groups excluding carboxylic acids is 1. The highest BCUT2D eigenvalue weighted by molar-refractivity contribution is 5.95. The molecule has 2 fully saturated rings. The van der Waals surface area contributed by atoms with Gasteiger partial charge in [0.15, 0.2) is 5.79 Å². The molecule has 9 heteroatoms. The number of ether oxygens (including phenoxy) is 2. The Hall–Kier alpha value is -2.52. The Morgan fingerprint density at radius 3 is 2.27 bits per heavy atom. The van der Waals surface area contributed by atoms with E-state index in [1.54, 1.807) is 0 Å². The normalized spacial score (nSPS) is 20.9. The van der Waals surface area contributed by atoms with Crippen molar-refractivity contribution in [2.45, 2.75) is 50.1 Å². The second-order valence-electron chi connectivity index (χ2n) is 8.59. The van der Waals surface area contributed by atoms with Gasteiger partial charge in [-0.15, -0.1) is 0 Å². The Morgan fingerprint density at radius 2 is 1.67 bits per heavy atom. The lowest BCUT2D eigenvalue weighted by molar-refractivity contribution is -0.191. The van der Waals surface area contributed by atoms with E-state index in [4.69, 9.17) is 9.47 Å². The van der Waals surface area contributed by atoms with Gasteiger partial charge in [0.05, 0.1) is 18.8 Å². The average molecular weight is 469 g/mol. The highest BCUT2D eigenvalue weighted by atomic mass is 19.4. The number of piperidine rings is 1. The summed E-state index contributed by atoms with van der Waals surface area (Å²) >= 11 is 0. The third kappa shape index (κ3) is 5.19. The van der Waals surface area contributed by atoms with E-state index < -0.39 is 46.5 Å². The van der Waals surface area contributed by atoms with Crippen LogP contribution in [0.1, 0.15) is 46.8 Å². The number of carbonyl (C=O) groups is 1. The molecule has 2 saturated heterocycles. The molecule has 1 amide bonds. The fraction of sp³-hybridized carbons (Fsp3) is 0.458. The zero-order valence-electron chi connectivity index (χ0n) is 18.0. The fourth-order valence-electron chi connectivity index (χ4n) is 4.47. The third-order valence-corrected chi connectivity index (χ3v) is 6.12. The minimum atomic E-state index is -4.86. The van der Waals surface area contributed by atoms with E-state index in [-0.39, 0.29) is 6.54 Å². The number of hydrogen-bond donors (Lipinski definition) is 0. The Labute approximate surface area is 188 Å². The van der Waals surface area contributed by atoms with E-state index in [0.29, 0.717) is 51.5 Å². The van der Waals surface area contributed by atoms with Crippen molar-refractivity contribution in [2.24, 2.45) is 0 Å². The Balaban J connectivity index is 1.69. The molecule has 2 aliphatic rings. The molecule has 0 aliphatic carbocycles. The minimum absolute atomic E-state index is 0.171. The molecule has 1 atom stereocenters. The number of likely N-dealkylation sites (tertiary alicyclic amines) is 1.